The molecule has 2 aromatic rings. The van der Waals surface area contributed by atoms with Gasteiger partial charge in [-0.2, -0.15) is 12.6 Å². The summed E-state index contributed by atoms with van der Waals surface area (Å²) in [5.41, 5.74) is 7.38. The lowest BCUT2D eigenvalue weighted by atomic mass is 10.0. The first-order valence-corrected chi connectivity index (χ1v) is 8.71. The number of aromatic amines is 1. The van der Waals surface area contributed by atoms with E-state index in [1.165, 1.54) is 6.92 Å². The number of carboxylic acids is 1. The summed E-state index contributed by atoms with van der Waals surface area (Å²) in [5.74, 6) is -2.16. The molecule has 0 aliphatic carbocycles. The van der Waals surface area contributed by atoms with Gasteiger partial charge < -0.3 is 26.5 Å². The van der Waals surface area contributed by atoms with E-state index < -0.39 is 35.9 Å². The van der Waals surface area contributed by atoms with Crippen LogP contribution in [0.3, 0.4) is 0 Å². The highest BCUT2D eigenvalue weighted by atomic mass is 32.1. The van der Waals surface area contributed by atoms with Gasteiger partial charge in [-0.1, -0.05) is 18.2 Å². The molecular weight excluding hydrogens is 356 g/mol. The van der Waals surface area contributed by atoms with Crippen molar-refractivity contribution in [3.8, 4) is 0 Å². The summed E-state index contributed by atoms with van der Waals surface area (Å²) in [6, 6.07) is 4.64. The van der Waals surface area contributed by atoms with Gasteiger partial charge in [0.1, 0.15) is 12.1 Å². The molecule has 0 radical (unpaired) electrons. The SMILES string of the molecule is CC(NC(=O)C(Cc1c[nH]c2ccccc12)NC(=O)C(N)CS)C(=O)O. The molecule has 3 atom stereocenters. The first-order chi connectivity index (χ1) is 12.3. The summed E-state index contributed by atoms with van der Waals surface area (Å²) in [4.78, 5) is 38.7. The quantitative estimate of drug-likeness (QED) is 0.360. The van der Waals surface area contributed by atoms with Crippen molar-refractivity contribution < 1.29 is 19.5 Å². The standard InChI is InChI=1S/C17H22N4O4S/c1-9(17(24)25)20-16(23)14(21-15(22)12(18)8-26)6-10-7-19-13-5-3-2-4-11(10)13/h2-5,7,9,12,14,19,26H,6,8,18H2,1H3,(H,20,23)(H,21,22)(H,24,25). The fraction of sp³-hybridized carbons (Fsp3) is 0.353. The van der Waals surface area contributed by atoms with Crippen molar-refractivity contribution in [2.24, 2.45) is 5.73 Å². The fourth-order valence-corrected chi connectivity index (χ4v) is 2.63. The third-order valence-electron chi connectivity index (χ3n) is 3.99. The van der Waals surface area contributed by atoms with E-state index in [1.807, 2.05) is 24.3 Å². The molecule has 0 saturated carbocycles. The number of aliphatic carboxylic acids is 1. The number of carbonyl (C=O) groups is 3. The molecule has 3 unspecified atom stereocenters. The van der Waals surface area contributed by atoms with Gasteiger partial charge in [-0.3, -0.25) is 14.4 Å². The van der Waals surface area contributed by atoms with Crippen molar-refractivity contribution in [1.82, 2.24) is 15.6 Å². The van der Waals surface area contributed by atoms with E-state index in [9.17, 15) is 14.4 Å². The molecule has 0 spiro atoms. The average Bonchev–Trinajstić information content (AvgIpc) is 3.03. The van der Waals surface area contributed by atoms with E-state index in [0.717, 1.165) is 16.5 Å². The van der Waals surface area contributed by atoms with Crippen LogP contribution in [0.25, 0.3) is 10.9 Å². The van der Waals surface area contributed by atoms with E-state index >= 15 is 0 Å². The van der Waals surface area contributed by atoms with Gasteiger partial charge in [0.2, 0.25) is 11.8 Å². The Bertz CT molecular complexity index is 807. The number of benzene rings is 1. The second-order valence-electron chi connectivity index (χ2n) is 5.98. The first kappa shape index (κ1) is 19.8. The first-order valence-electron chi connectivity index (χ1n) is 8.08. The van der Waals surface area contributed by atoms with E-state index in [4.69, 9.17) is 10.8 Å². The van der Waals surface area contributed by atoms with Crippen LogP contribution in [-0.2, 0) is 20.8 Å². The van der Waals surface area contributed by atoms with E-state index in [0.29, 0.717) is 0 Å². The lowest BCUT2D eigenvalue weighted by Gasteiger charge is -2.21. The number of hydrogen-bond acceptors (Lipinski definition) is 5. The maximum absolute atomic E-state index is 12.5. The Balaban J connectivity index is 2.23. The molecule has 2 amide bonds. The average molecular weight is 378 g/mol. The number of hydrogen-bond donors (Lipinski definition) is 6. The Labute approximate surface area is 155 Å². The molecule has 140 valence electrons. The molecule has 9 heteroatoms. The van der Waals surface area contributed by atoms with Gasteiger partial charge >= 0.3 is 5.97 Å². The van der Waals surface area contributed by atoms with Crippen LogP contribution in [0.4, 0.5) is 0 Å². The molecule has 0 bridgehead atoms. The summed E-state index contributed by atoms with van der Waals surface area (Å²) < 4.78 is 0. The van der Waals surface area contributed by atoms with Crippen molar-refractivity contribution in [3.63, 3.8) is 0 Å². The largest absolute Gasteiger partial charge is 0.480 e. The van der Waals surface area contributed by atoms with Gasteiger partial charge in [0.25, 0.3) is 0 Å². The van der Waals surface area contributed by atoms with E-state index in [-0.39, 0.29) is 12.2 Å². The lowest BCUT2D eigenvalue weighted by molar-refractivity contribution is -0.141. The number of carbonyl (C=O) groups excluding carboxylic acids is 2. The Kier molecular flexibility index (Phi) is 6.64. The Hall–Kier alpha value is -2.52. The zero-order chi connectivity index (χ0) is 19.3. The molecule has 1 heterocycles. The molecule has 8 nitrogen and oxygen atoms in total. The van der Waals surface area contributed by atoms with E-state index in [2.05, 4.69) is 28.2 Å². The number of para-hydroxylation sites is 1. The zero-order valence-corrected chi connectivity index (χ0v) is 15.1. The summed E-state index contributed by atoms with van der Waals surface area (Å²) >= 11 is 3.98. The molecule has 1 aromatic carbocycles. The fourth-order valence-electron chi connectivity index (χ4n) is 2.47. The highest BCUT2D eigenvalue weighted by Crippen LogP contribution is 2.19. The third-order valence-corrected chi connectivity index (χ3v) is 4.39. The monoisotopic (exact) mass is 378 g/mol. The van der Waals surface area contributed by atoms with Crippen LogP contribution in [0, 0.1) is 0 Å². The molecule has 1 aromatic heterocycles. The minimum Gasteiger partial charge on any atom is -0.480 e. The van der Waals surface area contributed by atoms with Gasteiger partial charge in [0.05, 0.1) is 6.04 Å². The number of aromatic nitrogens is 1. The van der Waals surface area contributed by atoms with Gasteiger partial charge in [-0.15, -0.1) is 0 Å². The summed E-state index contributed by atoms with van der Waals surface area (Å²) in [6.07, 6.45) is 1.95. The molecule has 0 aliphatic heterocycles. The Morgan fingerprint density at radius 1 is 1.23 bits per heavy atom. The third kappa shape index (κ3) is 4.77. The Morgan fingerprint density at radius 3 is 2.58 bits per heavy atom. The van der Waals surface area contributed by atoms with Crippen LogP contribution in [0.15, 0.2) is 30.5 Å². The number of amides is 2. The van der Waals surface area contributed by atoms with Crippen molar-refractivity contribution in [2.45, 2.75) is 31.5 Å². The number of carboxylic acid groups (broad SMARTS) is 1. The second kappa shape index (κ2) is 8.72. The molecule has 6 N–H and O–H groups in total. The van der Waals surface area contributed by atoms with Crippen molar-refractivity contribution in [3.05, 3.63) is 36.0 Å². The number of nitrogens with one attached hydrogen (secondary N) is 3. The maximum atomic E-state index is 12.5. The molecule has 2 rings (SSSR count). The predicted octanol–water partition coefficient (Wildman–Crippen LogP) is 0.0416. The normalized spacial score (nSPS) is 14.4. The molecular formula is C17H22N4O4S. The predicted molar refractivity (Wildman–Crippen MR) is 101 cm³/mol. The smallest absolute Gasteiger partial charge is 0.325 e. The number of fused-ring (bicyclic) bond motifs is 1. The maximum Gasteiger partial charge on any atom is 0.325 e. The number of H-pyrrole nitrogens is 1. The van der Waals surface area contributed by atoms with Crippen molar-refractivity contribution >= 4 is 41.3 Å². The van der Waals surface area contributed by atoms with Crippen LogP contribution in [-0.4, -0.2) is 51.8 Å². The van der Waals surface area contributed by atoms with Crippen LogP contribution in [0.1, 0.15) is 12.5 Å². The van der Waals surface area contributed by atoms with Crippen LogP contribution in [0.5, 0.6) is 0 Å². The molecule has 0 aliphatic rings. The Morgan fingerprint density at radius 2 is 1.92 bits per heavy atom. The minimum atomic E-state index is -1.16. The summed E-state index contributed by atoms with van der Waals surface area (Å²) in [5, 5.41) is 14.9. The number of rotatable bonds is 8. The van der Waals surface area contributed by atoms with Gasteiger partial charge in [-0.05, 0) is 18.6 Å². The highest BCUT2D eigenvalue weighted by Gasteiger charge is 2.26. The number of nitrogens with two attached hydrogens (primary N) is 1. The highest BCUT2D eigenvalue weighted by molar-refractivity contribution is 7.80. The van der Waals surface area contributed by atoms with Crippen LogP contribution in [0.2, 0.25) is 0 Å². The lowest BCUT2D eigenvalue weighted by Crippen LogP contribution is -2.55. The second-order valence-corrected chi connectivity index (χ2v) is 6.35. The van der Waals surface area contributed by atoms with Gasteiger partial charge in [0.15, 0.2) is 0 Å². The van der Waals surface area contributed by atoms with Crippen LogP contribution >= 0.6 is 12.6 Å². The van der Waals surface area contributed by atoms with Crippen molar-refractivity contribution in [1.29, 1.82) is 0 Å². The minimum absolute atomic E-state index is 0.124. The van der Waals surface area contributed by atoms with Gasteiger partial charge in [0, 0.05) is 29.3 Å². The van der Waals surface area contributed by atoms with Gasteiger partial charge in [-0.25, -0.2) is 0 Å². The topological polar surface area (TPSA) is 137 Å². The molecule has 0 fully saturated rings. The van der Waals surface area contributed by atoms with E-state index in [1.54, 1.807) is 6.20 Å². The zero-order valence-electron chi connectivity index (χ0n) is 14.2. The molecule has 26 heavy (non-hydrogen) atoms. The van der Waals surface area contributed by atoms with Crippen molar-refractivity contribution in [2.75, 3.05) is 5.75 Å². The molecule has 0 saturated heterocycles. The van der Waals surface area contributed by atoms with Crippen LogP contribution < -0.4 is 16.4 Å². The summed E-state index contributed by atoms with van der Waals surface area (Å²) in [6.45, 7) is 1.35. The summed E-state index contributed by atoms with van der Waals surface area (Å²) in [7, 11) is 0. The number of thiol groups is 1.